The fraction of sp³-hybridized carbons (Fsp3) is 0.909. The number of carbonyl (C=O) groups is 1. The average molecular weight is 215 g/mol. The van der Waals surface area contributed by atoms with Crippen LogP contribution in [0.25, 0.3) is 0 Å². The van der Waals surface area contributed by atoms with Crippen LogP contribution in [0.5, 0.6) is 0 Å². The number of ether oxygens (including phenoxy) is 2. The van der Waals surface area contributed by atoms with Gasteiger partial charge in [-0.05, 0) is 32.7 Å². The molecular formula is C11H21NO3. The zero-order valence-electron chi connectivity index (χ0n) is 9.46. The van der Waals surface area contributed by atoms with Crippen LogP contribution < -0.4 is 5.32 Å². The molecule has 15 heavy (non-hydrogen) atoms. The Hall–Kier alpha value is -0.610. The van der Waals surface area contributed by atoms with E-state index in [2.05, 4.69) is 5.32 Å². The number of carbonyl (C=O) groups excluding carboxylic acids is 1. The number of esters is 1. The normalized spacial score (nSPS) is 17.7. The molecular weight excluding hydrogens is 194 g/mol. The third-order valence-corrected chi connectivity index (χ3v) is 2.52. The largest absolute Gasteiger partial charge is 0.466 e. The minimum atomic E-state index is -0.0914. The van der Waals surface area contributed by atoms with Gasteiger partial charge < -0.3 is 14.8 Å². The molecule has 0 aromatic carbocycles. The van der Waals surface area contributed by atoms with Gasteiger partial charge in [0.15, 0.2) is 0 Å². The standard InChI is InChI=1S/C11H21NO3/c1-2-15-11(13)4-3-7-12-10-5-8-14-9-6-10/h10,12H,2-9H2,1H3. The van der Waals surface area contributed by atoms with Crippen molar-refractivity contribution in [1.82, 2.24) is 5.32 Å². The Morgan fingerprint density at radius 2 is 2.20 bits per heavy atom. The van der Waals surface area contributed by atoms with Crippen LogP contribution >= 0.6 is 0 Å². The highest BCUT2D eigenvalue weighted by Crippen LogP contribution is 2.06. The molecule has 0 aromatic heterocycles. The molecule has 1 rings (SSSR count). The van der Waals surface area contributed by atoms with E-state index in [1.165, 1.54) is 0 Å². The Balaban J connectivity index is 1.93. The first kappa shape index (κ1) is 12.5. The molecule has 1 heterocycles. The minimum Gasteiger partial charge on any atom is -0.466 e. The molecule has 0 radical (unpaired) electrons. The minimum absolute atomic E-state index is 0.0914. The van der Waals surface area contributed by atoms with Crippen molar-refractivity contribution in [3.05, 3.63) is 0 Å². The molecule has 1 N–H and O–H groups in total. The van der Waals surface area contributed by atoms with Gasteiger partial charge in [-0.2, -0.15) is 0 Å². The maximum atomic E-state index is 11.0. The van der Waals surface area contributed by atoms with E-state index in [0.29, 0.717) is 19.1 Å². The molecule has 0 amide bonds. The summed E-state index contributed by atoms with van der Waals surface area (Å²) in [6, 6.07) is 0.570. The van der Waals surface area contributed by atoms with Gasteiger partial charge in [0.25, 0.3) is 0 Å². The van der Waals surface area contributed by atoms with Crippen molar-refractivity contribution in [2.24, 2.45) is 0 Å². The van der Waals surface area contributed by atoms with Gasteiger partial charge in [-0.3, -0.25) is 4.79 Å². The molecule has 0 atom stereocenters. The molecule has 1 aliphatic rings. The quantitative estimate of drug-likeness (QED) is 0.532. The predicted octanol–water partition coefficient (Wildman–Crippen LogP) is 1.10. The summed E-state index contributed by atoms with van der Waals surface area (Å²) in [6.45, 7) is 4.92. The van der Waals surface area contributed by atoms with Gasteiger partial charge >= 0.3 is 5.97 Å². The first-order valence-electron chi connectivity index (χ1n) is 5.79. The van der Waals surface area contributed by atoms with Gasteiger partial charge in [-0.15, -0.1) is 0 Å². The highest BCUT2D eigenvalue weighted by atomic mass is 16.5. The van der Waals surface area contributed by atoms with Gasteiger partial charge in [0.2, 0.25) is 0 Å². The van der Waals surface area contributed by atoms with E-state index in [4.69, 9.17) is 9.47 Å². The molecule has 0 unspecified atom stereocenters. The summed E-state index contributed by atoms with van der Waals surface area (Å²) < 4.78 is 10.1. The number of hydrogen-bond acceptors (Lipinski definition) is 4. The summed E-state index contributed by atoms with van der Waals surface area (Å²) in [5.41, 5.74) is 0. The van der Waals surface area contributed by atoms with Crippen LogP contribution in [0.1, 0.15) is 32.6 Å². The number of nitrogens with one attached hydrogen (secondary N) is 1. The smallest absolute Gasteiger partial charge is 0.305 e. The summed E-state index contributed by atoms with van der Waals surface area (Å²) in [6.07, 6.45) is 3.54. The second-order valence-electron chi connectivity index (χ2n) is 3.75. The molecule has 1 saturated heterocycles. The van der Waals surface area contributed by atoms with Crippen LogP contribution in [0, 0.1) is 0 Å². The van der Waals surface area contributed by atoms with E-state index in [9.17, 15) is 4.79 Å². The van der Waals surface area contributed by atoms with E-state index in [1.807, 2.05) is 6.92 Å². The molecule has 0 aromatic rings. The summed E-state index contributed by atoms with van der Waals surface area (Å²) in [4.78, 5) is 11.0. The van der Waals surface area contributed by atoms with Crippen LogP contribution in [-0.2, 0) is 14.3 Å². The van der Waals surface area contributed by atoms with Crippen molar-refractivity contribution >= 4 is 5.97 Å². The molecule has 0 bridgehead atoms. The third kappa shape index (κ3) is 5.74. The Kier molecular flexibility index (Phi) is 6.36. The number of hydrogen-bond donors (Lipinski definition) is 1. The van der Waals surface area contributed by atoms with Crippen LogP contribution in [-0.4, -0.2) is 38.4 Å². The fourth-order valence-electron chi connectivity index (χ4n) is 1.67. The van der Waals surface area contributed by atoms with Gasteiger partial charge in [0.05, 0.1) is 6.61 Å². The Morgan fingerprint density at radius 1 is 1.47 bits per heavy atom. The topological polar surface area (TPSA) is 47.6 Å². The summed E-state index contributed by atoms with van der Waals surface area (Å²) in [5.74, 6) is -0.0914. The first-order valence-corrected chi connectivity index (χ1v) is 5.79. The van der Waals surface area contributed by atoms with Crippen molar-refractivity contribution in [2.45, 2.75) is 38.6 Å². The highest BCUT2D eigenvalue weighted by molar-refractivity contribution is 5.69. The molecule has 0 aliphatic carbocycles. The van der Waals surface area contributed by atoms with Crippen molar-refractivity contribution in [3.63, 3.8) is 0 Å². The third-order valence-electron chi connectivity index (χ3n) is 2.52. The lowest BCUT2D eigenvalue weighted by Crippen LogP contribution is -2.35. The van der Waals surface area contributed by atoms with Gasteiger partial charge in [-0.1, -0.05) is 0 Å². The van der Waals surface area contributed by atoms with Gasteiger partial charge in [0, 0.05) is 25.7 Å². The lowest BCUT2D eigenvalue weighted by atomic mass is 10.1. The number of rotatable bonds is 6. The second-order valence-corrected chi connectivity index (χ2v) is 3.75. The van der Waals surface area contributed by atoms with E-state index >= 15 is 0 Å². The van der Waals surface area contributed by atoms with Gasteiger partial charge in [-0.25, -0.2) is 0 Å². The molecule has 88 valence electrons. The first-order chi connectivity index (χ1) is 7.33. The Morgan fingerprint density at radius 3 is 2.87 bits per heavy atom. The van der Waals surface area contributed by atoms with Crippen molar-refractivity contribution < 1.29 is 14.3 Å². The van der Waals surface area contributed by atoms with Crippen molar-refractivity contribution in [3.8, 4) is 0 Å². The average Bonchev–Trinajstić information content (AvgIpc) is 2.26. The Labute approximate surface area is 91.3 Å². The molecule has 0 saturated carbocycles. The summed E-state index contributed by atoms with van der Waals surface area (Å²) >= 11 is 0. The lowest BCUT2D eigenvalue weighted by molar-refractivity contribution is -0.143. The van der Waals surface area contributed by atoms with Crippen molar-refractivity contribution in [2.75, 3.05) is 26.4 Å². The van der Waals surface area contributed by atoms with E-state index in [1.54, 1.807) is 0 Å². The zero-order chi connectivity index (χ0) is 10.9. The monoisotopic (exact) mass is 215 g/mol. The predicted molar refractivity (Wildman–Crippen MR) is 57.7 cm³/mol. The fourth-order valence-corrected chi connectivity index (χ4v) is 1.67. The summed E-state index contributed by atoms with van der Waals surface area (Å²) in [7, 11) is 0. The molecule has 0 spiro atoms. The Bertz CT molecular complexity index is 179. The van der Waals surface area contributed by atoms with Crippen LogP contribution in [0.15, 0.2) is 0 Å². The maximum absolute atomic E-state index is 11.0. The van der Waals surface area contributed by atoms with Crippen LogP contribution in [0.2, 0.25) is 0 Å². The highest BCUT2D eigenvalue weighted by Gasteiger charge is 2.12. The van der Waals surface area contributed by atoms with E-state index in [-0.39, 0.29) is 5.97 Å². The summed E-state index contributed by atoms with van der Waals surface area (Å²) in [5, 5.41) is 3.43. The van der Waals surface area contributed by atoms with E-state index < -0.39 is 0 Å². The second kappa shape index (κ2) is 7.65. The van der Waals surface area contributed by atoms with E-state index in [0.717, 1.165) is 39.0 Å². The zero-order valence-corrected chi connectivity index (χ0v) is 9.46. The molecule has 1 aliphatic heterocycles. The molecule has 1 fully saturated rings. The van der Waals surface area contributed by atoms with Crippen LogP contribution in [0.4, 0.5) is 0 Å². The SMILES string of the molecule is CCOC(=O)CCCNC1CCOCC1. The van der Waals surface area contributed by atoms with Crippen molar-refractivity contribution in [1.29, 1.82) is 0 Å². The van der Waals surface area contributed by atoms with Crippen LogP contribution in [0.3, 0.4) is 0 Å². The molecule has 4 nitrogen and oxygen atoms in total. The molecule has 4 heteroatoms. The lowest BCUT2D eigenvalue weighted by Gasteiger charge is -2.23. The maximum Gasteiger partial charge on any atom is 0.305 e. The van der Waals surface area contributed by atoms with Gasteiger partial charge in [0.1, 0.15) is 0 Å².